The molecule has 1 aromatic rings. The first-order valence-electron chi connectivity index (χ1n) is 4.01. The molecule has 0 fully saturated rings. The van der Waals surface area contributed by atoms with E-state index in [0.717, 1.165) is 0 Å². The SMILES string of the molecule is N#Cc1ncc(C=CCS)cc1[N+](=O)[O-]. The number of nitrogens with zero attached hydrogens (tertiary/aromatic N) is 3. The molecule has 6 heteroatoms. The van der Waals surface area contributed by atoms with E-state index in [1.807, 2.05) is 0 Å². The van der Waals surface area contributed by atoms with Crippen molar-refractivity contribution in [2.45, 2.75) is 0 Å². The Balaban J connectivity index is 3.17. The van der Waals surface area contributed by atoms with Crippen molar-refractivity contribution in [1.82, 2.24) is 4.98 Å². The molecular formula is C9H7N3O2S. The Bertz CT molecular complexity index is 451. The Hall–Kier alpha value is -1.87. The minimum atomic E-state index is -0.621. The highest BCUT2D eigenvalue weighted by Gasteiger charge is 2.14. The second-order valence-corrected chi connectivity index (χ2v) is 2.96. The first-order chi connectivity index (χ1) is 7.19. The largest absolute Gasteiger partial charge is 0.306 e. The third kappa shape index (κ3) is 2.79. The van der Waals surface area contributed by atoms with E-state index in [-0.39, 0.29) is 11.4 Å². The van der Waals surface area contributed by atoms with Crippen molar-refractivity contribution in [1.29, 1.82) is 5.26 Å². The number of nitro groups is 1. The number of pyridine rings is 1. The van der Waals surface area contributed by atoms with Gasteiger partial charge in [0.25, 0.3) is 0 Å². The van der Waals surface area contributed by atoms with E-state index in [4.69, 9.17) is 5.26 Å². The molecular weight excluding hydrogens is 214 g/mol. The Labute approximate surface area is 91.6 Å². The van der Waals surface area contributed by atoms with Crippen LogP contribution in [0, 0.1) is 21.4 Å². The van der Waals surface area contributed by atoms with E-state index < -0.39 is 4.92 Å². The highest BCUT2D eigenvalue weighted by atomic mass is 32.1. The molecule has 0 aromatic carbocycles. The summed E-state index contributed by atoms with van der Waals surface area (Å²) in [4.78, 5) is 13.7. The fourth-order valence-corrected chi connectivity index (χ4v) is 1.08. The first-order valence-corrected chi connectivity index (χ1v) is 4.64. The molecule has 15 heavy (non-hydrogen) atoms. The first kappa shape index (κ1) is 11.2. The van der Waals surface area contributed by atoms with Crippen molar-refractivity contribution in [3.63, 3.8) is 0 Å². The van der Waals surface area contributed by atoms with Crippen LogP contribution in [0.5, 0.6) is 0 Å². The van der Waals surface area contributed by atoms with Crippen LogP contribution in [0.1, 0.15) is 11.3 Å². The van der Waals surface area contributed by atoms with Crippen molar-refractivity contribution in [3.05, 3.63) is 39.7 Å². The lowest BCUT2D eigenvalue weighted by Crippen LogP contribution is -1.95. The molecule has 0 aliphatic heterocycles. The second kappa shape index (κ2) is 5.12. The van der Waals surface area contributed by atoms with E-state index in [9.17, 15) is 10.1 Å². The topological polar surface area (TPSA) is 79.8 Å². The monoisotopic (exact) mass is 221 g/mol. The van der Waals surface area contributed by atoms with Crippen molar-refractivity contribution >= 4 is 24.4 Å². The van der Waals surface area contributed by atoms with Crippen LogP contribution in [0.3, 0.4) is 0 Å². The molecule has 0 bridgehead atoms. The summed E-state index contributed by atoms with van der Waals surface area (Å²) in [6, 6.07) is 2.98. The Morgan fingerprint density at radius 3 is 3.00 bits per heavy atom. The zero-order valence-corrected chi connectivity index (χ0v) is 8.52. The van der Waals surface area contributed by atoms with Gasteiger partial charge in [-0.15, -0.1) is 0 Å². The molecule has 0 atom stereocenters. The average Bonchev–Trinajstić information content (AvgIpc) is 2.25. The molecule has 1 aromatic heterocycles. The predicted octanol–water partition coefficient (Wildman–Crippen LogP) is 1.80. The highest BCUT2D eigenvalue weighted by molar-refractivity contribution is 7.80. The van der Waals surface area contributed by atoms with Crippen molar-refractivity contribution in [2.24, 2.45) is 0 Å². The van der Waals surface area contributed by atoms with Crippen LogP contribution < -0.4 is 0 Å². The van der Waals surface area contributed by atoms with Crippen LogP contribution in [-0.2, 0) is 0 Å². The molecule has 0 aliphatic rings. The van der Waals surface area contributed by atoms with Gasteiger partial charge in [0.2, 0.25) is 5.69 Å². The fraction of sp³-hybridized carbons (Fsp3) is 0.111. The smallest absolute Gasteiger partial charge is 0.258 e. The minimum absolute atomic E-state index is 0.178. The zero-order chi connectivity index (χ0) is 11.3. The Morgan fingerprint density at radius 1 is 1.73 bits per heavy atom. The number of hydrogen-bond acceptors (Lipinski definition) is 5. The third-order valence-corrected chi connectivity index (χ3v) is 1.82. The number of thiol groups is 1. The van der Waals surface area contributed by atoms with Gasteiger partial charge in [0.15, 0.2) is 0 Å². The molecule has 0 saturated heterocycles. The van der Waals surface area contributed by atoms with Crippen LogP contribution in [0.4, 0.5) is 5.69 Å². The lowest BCUT2D eigenvalue weighted by molar-refractivity contribution is -0.385. The molecule has 0 N–H and O–H groups in total. The van der Waals surface area contributed by atoms with Crippen LogP contribution >= 0.6 is 12.6 Å². The molecule has 0 radical (unpaired) electrons. The normalized spacial score (nSPS) is 10.1. The molecule has 0 spiro atoms. The highest BCUT2D eigenvalue weighted by Crippen LogP contribution is 2.17. The molecule has 5 nitrogen and oxygen atoms in total. The van der Waals surface area contributed by atoms with Crippen LogP contribution in [0.25, 0.3) is 6.08 Å². The molecule has 0 unspecified atom stereocenters. The lowest BCUT2D eigenvalue weighted by atomic mass is 10.2. The lowest BCUT2D eigenvalue weighted by Gasteiger charge is -1.95. The van der Waals surface area contributed by atoms with Gasteiger partial charge in [0.05, 0.1) is 4.92 Å². The molecule has 1 rings (SSSR count). The summed E-state index contributed by atoms with van der Waals surface area (Å²) >= 11 is 3.96. The van der Waals surface area contributed by atoms with Gasteiger partial charge in [0, 0.05) is 18.0 Å². The predicted molar refractivity (Wildman–Crippen MR) is 58.5 cm³/mol. The number of nitriles is 1. The quantitative estimate of drug-likeness (QED) is 0.479. The van der Waals surface area contributed by atoms with Crippen molar-refractivity contribution in [3.8, 4) is 6.07 Å². The van der Waals surface area contributed by atoms with Crippen LogP contribution in [0.2, 0.25) is 0 Å². The van der Waals surface area contributed by atoms with Gasteiger partial charge < -0.3 is 0 Å². The molecule has 1 heterocycles. The summed E-state index contributed by atoms with van der Waals surface area (Å²) in [5.74, 6) is 0.536. The van der Waals surface area contributed by atoms with Gasteiger partial charge >= 0.3 is 5.69 Å². The summed E-state index contributed by atoms with van der Waals surface area (Å²) < 4.78 is 0. The summed E-state index contributed by atoms with van der Waals surface area (Å²) in [5.41, 5.74) is 0.122. The summed E-state index contributed by atoms with van der Waals surface area (Å²) in [5, 5.41) is 19.2. The van der Waals surface area contributed by atoms with Crippen molar-refractivity contribution in [2.75, 3.05) is 5.75 Å². The third-order valence-electron chi connectivity index (χ3n) is 1.61. The molecule has 0 amide bonds. The maximum absolute atomic E-state index is 10.6. The fourth-order valence-electron chi connectivity index (χ4n) is 0.974. The molecule has 0 aliphatic carbocycles. The van der Waals surface area contributed by atoms with E-state index in [0.29, 0.717) is 11.3 Å². The maximum Gasteiger partial charge on any atom is 0.306 e. The van der Waals surface area contributed by atoms with Crippen LogP contribution in [0.15, 0.2) is 18.3 Å². The van der Waals surface area contributed by atoms with E-state index in [1.165, 1.54) is 12.3 Å². The van der Waals surface area contributed by atoms with Gasteiger partial charge in [-0.05, 0) is 5.56 Å². The standard InChI is InChI=1S/C9H7N3O2S/c10-5-8-9(12(13)14)4-7(6-11-8)2-1-3-15/h1-2,4,6,15H,3H2. The number of hydrogen-bond donors (Lipinski definition) is 1. The van der Waals surface area contributed by atoms with Gasteiger partial charge in [0.1, 0.15) is 6.07 Å². The van der Waals surface area contributed by atoms with E-state index in [1.54, 1.807) is 18.2 Å². The Kier molecular flexibility index (Phi) is 3.83. The van der Waals surface area contributed by atoms with Gasteiger partial charge in [-0.2, -0.15) is 17.9 Å². The van der Waals surface area contributed by atoms with Gasteiger partial charge in [-0.3, -0.25) is 10.1 Å². The van der Waals surface area contributed by atoms with Crippen LogP contribution in [-0.4, -0.2) is 15.7 Å². The Morgan fingerprint density at radius 2 is 2.47 bits per heavy atom. The van der Waals surface area contributed by atoms with Gasteiger partial charge in [-0.25, -0.2) is 4.98 Å². The number of aromatic nitrogens is 1. The molecule has 76 valence electrons. The van der Waals surface area contributed by atoms with E-state index in [2.05, 4.69) is 17.6 Å². The van der Waals surface area contributed by atoms with Crippen molar-refractivity contribution < 1.29 is 4.92 Å². The molecule has 0 saturated carbocycles. The minimum Gasteiger partial charge on any atom is -0.258 e. The second-order valence-electron chi connectivity index (χ2n) is 2.59. The summed E-state index contributed by atoms with van der Waals surface area (Å²) in [6.07, 6.45) is 4.80. The maximum atomic E-state index is 10.6. The number of rotatable bonds is 3. The van der Waals surface area contributed by atoms with E-state index >= 15 is 0 Å². The zero-order valence-electron chi connectivity index (χ0n) is 7.62. The average molecular weight is 221 g/mol. The van der Waals surface area contributed by atoms with Gasteiger partial charge in [-0.1, -0.05) is 12.2 Å². The summed E-state index contributed by atoms with van der Waals surface area (Å²) in [6.45, 7) is 0. The summed E-state index contributed by atoms with van der Waals surface area (Å²) in [7, 11) is 0.